The number of likely N-dealkylation sites (N-methyl/N-ethyl adjacent to an activating group) is 1. The average molecular weight is 1390 g/mol. The van der Waals surface area contributed by atoms with Crippen LogP contribution in [-0.4, -0.2) is 87.4 Å². The van der Waals surface area contributed by atoms with Gasteiger partial charge in [-0.15, -0.1) is 0 Å². The van der Waals surface area contributed by atoms with Gasteiger partial charge in [0.05, 0.1) is 34.4 Å². The van der Waals surface area contributed by atoms with Gasteiger partial charge in [-0.1, -0.05) is 387 Å². The van der Waals surface area contributed by atoms with Crippen molar-refractivity contribution in [3.63, 3.8) is 0 Å². The first-order valence-corrected chi connectivity index (χ1v) is 42.4. The molecule has 9 nitrogen and oxygen atoms in total. The molecule has 0 aliphatic rings. The zero-order valence-corrected chi connectivity index (χ0v) is 65.9. The van der Waals surface area contributed by atoms with E-state index in [1.54, 1.807) is 0 Å². The number of allylic oxidation sites excluding steroid dienone is 16. The maximum Gasteiger partial charge on any atom is 0.361 e. The monoisotopic (exact) mass is 1390 g/mol. The van der Waals surface area contributed by atoms with Crippen molar-refractivity contribution in [1.29, 1.82) is 0 Å². The maximum atomic E-state index is 13.0. The average Bonchev–Trinajstić information content (AvgIpc) is 2.19. The lowest BCUT2D eigenvalue weighted by atomic mass is 10.0. The van der Waals surface area contributed by atoms with E-state index in [1.807, 2.05) is 21.1 Å². The number of hydrogen-bond acceptors (Lipinski definition) is 7. The first kappa shape index (κ1) is 95.2. The van der Waals surface area contributed by atoms with Crippen LogP contribution in [0, 0.1) is 0 Å². The fourth-order valence-corrected chi connectivity index (χ4v) is 12.4. The van der Waals surface area contributed by atoms with Crippen molar-refractivity contribution in [2.45, 2.75) is 411 Å². The Morgan fingerprint density at radius 3 is 0.869 bits per heavy atom. The van der Waals surface area contributed by atoms with Crippen LogP contribution in [-0.2, 0) is 33.3 Å². The predicted molar refractivity (Wildman–Crippen MR) is 429 cm³/mol. The number of esters is 2. The van der Waals surface area contributed by atoms with Gasteiger partial charge in [0.1, 0.15) is 13.2 Å². The third kappa shape index (κ3) is 81.4. The molecule has 574 valence electrons. The maximum absolute atomic E-state index is 13.0. The molecule has 0 aromatic heterocycles. The summed E-state index contributed by atoms with van der Waals surface area (Å²) in [6.07, 6.45) is 109. The molecule has 0 radical (unpaired) electrons. The molecular formula is C90H162NO8+. The number of ether oxygens (including phenoxy) is 4. The molecule has 0 aliphatic heterocycles. The van der Waals surface area contributed by atoms with Crippen molar-refractivity contribution in [2.75, 3.05) is 47.5 Å². The number of carboxylic acid groups (broad SMARTS) is 1. The minimum atomic E-state index is -1.51. The smallest absolute Gasteiger partial charge is 0.361 e. The third-order valence-electron chi connectivity index (χ3n) is 18.8. The molecule has 2 atom stereocenters. The van der Waals surface area contributed by atoms with Crippen LogP contribution in [0.5, 0.6) is 0 Å². The van der Waals surface area contributed by atoms with Gasteiger partial charge in [-0.05, 0) is 96.3 Å². The zero-order chi connectivity index (χ0) is 71.8. The van der Waals surface area contributed by atoms with Crippen molar-refractivity contribution in [3.05, 3.63) is 97.2 Å². The van der Waals surface area contributed by atoms with Crippen LogP contribution >= 0.6 is 0 Å². The quantitative estimate of drug-likeness (QED) is 0.0211. The fraction of sp³-hybridized carbons (Fsp3) is 0.789. The summed E-state index contributed by atoms with van der Waals surface area (Å²) >= 11 is 0. The van der Waals surface area contributed by atoms with Gasteiger partial charge in [-0.25, -0.2) is 4.79 Å². The molecule has 9 heteroatoms. The summed E-state index contributed by atoms with van der Waals surface area (Å²) in [5, 5.41) is 9.79. The number of hydrogen-bond donors (Lipinski definition) is 1. The number of carbonyl (C=O) groups excluding carboxylic acids is 2. The second-order valence-corrected chi connectivity index (χ2v) is 29.8. The Morgan fingerprint density at radius 2 is 0.576 bits per heavy atom. The number of carboxylic acids is 1. The van der Waals surface area contributed by atoms with E-state index in [9.17, 15) is 19.5 Å². The van der Waals surface area contributed by atoms with E-state index >= 15 is 0 Å². The van der Waals surface area contributed by atoms with Crippen molar-refractivity contribution in [1.82, 2.24) is 0 Å². The molecule has 0 aromatic carbocycles. The molecule has 0 saturated heterocycles. The van der Waals surface area contributed by atoms with Crippen LogP contribution in [0.1, 0.15) is 399 Å². The first-order valence-electron chi connectivity index (χ1n) is 42.4. The van der Waals surface area contributed by atoms with Crippen LogP contribution in [0.4, 0.5) is 0 Å². The van der Waals surface area contributed by atoms with E-state index in [1.165, 1.54) is 289 Å². The summed E-state index contributed by atoms with van der Waals surface area (Å²) in [6.45, 7) is 4.82. The van der Waals surface area contributed by atoms with Crippen LogP contribution in [0.15, 0.2) is 97.2 Å². The Balaban J connectivity index is 3.98. The van der Waals surface area contributed by atoms with Crippen LogP contribution in [0.2, 0.25) is 0 Å². The van der Waals surface area contributed by atoms with Gasteiger partial charge >= 0.3 is 17.9 Å². The van der Waals surface area contributed by atoms with Gasteiger partial charge in [0, 0.05) is 12.8 Å². The number of aliphatic carboxylic acids is 1. The number of nitrogens with zero attached hydrogens (tertiary/aromatic N) is 1. The molecule has 2 unspecified atom stereocenters. The zero-order valence-electron chi connectivity index (χ0n) is 65.9. The predicted octanol–water partition coefficient (Wildman–Crippen LogP) is 27.5. The topological polar surface area (TPSA) is 108 Å². The molecule has 0 spiro atoms. The molecule has 0 aliphatic carbocycles. The van der Waals surface area contributed by atoms with E-state index in [0.717, 1.165) is 83.5 Å². The minimum absolute atomic E-state index is 0.180. The lowest BCUT2D eigenvalue weighted by molar-refractivity contribution is -0.870. The van der Waals surface area contributed by atoms with Gasteiger partial charge in [0.15, 0.2) is 6.10 Å². The highest BCUT2D eigenvalue weighted by molar-refractivity contribution is 5.71. The van der Waals surface area contributed by atoms with Gasteiger partial charge in [-0.2, -0.15) is 0 Å². The molecule has 0 rings (SSSR count). The van der Waals surface area contributed by atoms with Crippen molar-refractivity contribution < 1.29 is 42.9 Å². The fourth-order valence-electron chi connectivity index (χ4n) is 12.4. The Kier molecular flexibility index (Phi) is 76.8. The highest BCUT2D eigenvalue weighted by Gasteiger charge is 2.25. The molecule has 0 amide bonds. The van der Waals surface area contributed by atoms with E-state index in [0.29, 0.717) is 17.4 Å². The highest BCUT2D eigenvalue weighted by atomic mass is 16.7. The Bertz CT molecular complexity index is 1960. The van der Waals surface area contributed by atoms with Crippen molar-refractivity contribution >= 4 is 17.9 Å². The van der Waals surface area contributed by atoms with Gasteiger partial charge in [0.2, 0.25) is 0 Å². The number of rotatable bonds is 79. The summed E-state index contributed by atoms with van der Waals surface area (Å²) in [6, 6.07) is 0. The molecule has 0 saturated carbocycles. The summed E-state index contributed by atoms with van der Waals surface area (Å²) in [5.41, 5.74) is 0. The SMILES string of the molecule is CC/C=C\C/C=C\C/C=C\C/C=C\C/C=C\C/C=C\C/C=C\CCCCCCCCCCCCCCCCCC(=O)OC(COC(=O)CCCCCCCCCCCCCCCCCCCCCCCCCCC/C=C\CCCCCCCCCC)COC(OCC[N+](C)(C)C)C(=O)O. The van der Waals surface area contributed by atoms with E-state index < -0.39 is 18.4 Å². The summed E-state index contributed by atoms with van der Waals surface area (Å²) in [5.74, 6) is -1.98. The Labute approximate surface area is 613 Å². The van der Waals surface area contributed by atoms with Gasteiger partial charge in [0.25, 0.3) is 6.29 Å². The molecule has 0 bridgehead atoms. The molecular weight excluding hydrogens is 1220 g/mol. The lowest BCUT2D eigenvalue weighted by Gasteiger charge is -2.25. The van der Waals surface area contributed by atoms with E-state index in [-0.39, 0.29) is 38.2 Å². The van der Waals surface area contributed by atoms with Crippen LogP contribution < -0.4 is 0 Å². The minimum Gasteiger partial charge on any atom is -0.477 e. The number of carbonyl (C=O) groups is 3. The largest absolute Gasteiger partial charge is 0.477 e. The van der Waals surface area contributed by atoms with Crippen molar-refractivity contribution in [2.24, 2.45) is 0 Å². The standard InChI is InChI=1S/C90H161NO8/c1-6-8-10-12-14-16-18-20-22-24-26-28-30-32-34-36-38-40-42-44-46-48-50-52-54-56-58-60-62-64-66-68-70-72-74-76-78-80-87(92)97-84-86(85-98-90(89(94)95)96-83-82-91(3,4)5)99-88(93)81-79-77-75-73-71-69-67-65-63-61-59-57-55-53-51-49-47-45-43-41-39-37-35-33-31-29-27-25-23-21-19-17-15-13-11-9-7-2/h9,11,15,17,21,23-24,26-27,29,33,35,39,41,45,47,86,90H,6-8,10,12-14,16,18-20,22,25,28,30-32,34,36-38,40,42-44,46,48-85H2,1-5H3/p+1/b11-9-,17-15-,23-21-,26-24-,29-27-,35-33-,41-39-,47-45-. The van der Waals surface area contributed by atoms with Gasteiger partial charge < -0.3 is 28.5 Å². The molecule has 0 aromatic rings. The van der Waals surface area contributed by atoms with Crippen LogP contribution in [0.3, 0.4) is 0 Å². The second kappa shape index (κ2) is 79.9. The van der Waals surface area contributed by atoms with E-state index in [4.69, 9.17) is 18.9 Å². The Hall–Kier alpha value is -3.79. The normalized spacial score (nSPS) is 13.1. The first-order chi connectivity index (χ1) is 48.6. The highest BCUT2D eigenvalue weighted by Crippen LogP contribution is 2.20. The summed E-state index contributed by atoms with van der Waals surface area (Å²) in [4.78, 5) is 37.8. The van der Waals surface area contributed by atoms with Crippen molar-refractivity contribution in [3.8, 4) is 0 Å². The molecule has 99 heavy (non-hydrogen) atoms. The van der Waals surface area contributed by atoms with Gasteiger partial charge in [-0.3, -0.25) is 9.59 Å². The van der Waals surface area contributed by atoms with Crippen LogP contribution in [0.25, 0.3) is 0 Å². The number of quaternary nitrogens is 1. The second-order valence-electron chi connectivity index (χ2n) is 29.8. The lowest BCUT2D eigenvalue weighted by Crippen LogP contribution is -2.40. The molecule has 1 N–H and O–H groups in total. The molecule has 0 heterocycles. The third-order valence-corrected chi connectivity index (χ3v) is 18.8. The Morgan fingerprint density at radius 1 is 0.313 bits per heavy atom. The van der Waals surface area contributed by atoms with E-state index in [2.05, 4.69) is 111 Å². The molecule has 0 fully saturated rings. The summed E-state index contributed by atoms with van der Waals surface area (Å²) < 4.78 is 23.1. The summed E-state index contributed by atoms with van der Waals surface area (Å²) in [7, 11) is 5.99. The number of unbranched alkanes of at least 4 members (excludes halogenated alkanes) is 48.